The SMILES string of the molecule is CC1=CCC/C(C)=C\C[C@]2(C(C)C)CC[C@@](C)(O2)[C@@H](O)CC1. The van der Waals surface area contributed by atoms with Crippen molar-refractivity contribution in [3.8, 4) is 0 Å². The van der Waals surface area contributed by atoms with Gasteiger partial charge >= 0.3 is 0 Å². The molecule has 22 heavy (non-hydrogen) atoms. The Bertz CT molecular complexity index is 449. The zero-order valence-corrected chi connectivity index (χ0v) is 15.1. The minimum atomic E-state index is -0.389. The monoisotopic (exact) mass is 306 g/mol. The first-order valence-corrected chi connectivity index (χ1v) is 8.97. The Labute approximate surface area is 136 Å². The van der Waals surface area contributed by atoms with Crippen molar-refractivity contribution in [2.45, 2.75) is 96.9 Å². The number of fused-ring (bicyclic) bond motifs is 2. The highest BCUT2D eigenvalue weighted by molar-refractivity contribution is 5.10. The molecule has 1 saturated heterocycles. The number of aliphatic hydroxyl groups excluding tert-OH is 1. The average Bonchev–Trinajstić information content (AvgIpc) is 2.82. The molecule has 0 saturated carbocycles. The summed E-state index contributed by atoms with van der Waals surface area (Å²) in [7, 11) is 0. The first kappa shape index (κ1) is 17.7. The van der Waals surface area contributed by atoms with Gasteiger partial charge in [-0.25, -0.2) is 0 Å². The lowest BCUT2D eigenvalue weighted by molar-refractivity contribution is -0.162. The van der Waals surface area contributed by atoms with E-state index in [1.165, 1.54) is 11.1 Å². The molecule has 2 aliphatic rings. The quantitative estimate of drug-likeness (QED) is 0.677. The van der Waals surface area contributed by atoms with Gasteiger partial charge in [0, 0.05) is 0 Å². The molecule has 0 amide bonds. The molecule has 0 aromatic carbocycles. The number of aliphatic hydroxyl groups is 1. The van der Waals surface area contributed by atoms with E-state index in [-0.39, 0.29) is 17.3 Å². The van der Waals surface area contributed by atoms with Crippen molar-refractivity contribution in [3.05, 3.63) is 23.3 Å². The van der Waals surface area contributed by atoms with Gasteiger partial charge in [0.1, 0.15) is 0 Å². The van der Waals surface area contributed by atoms with Gasteiger partial charge in [0.05, 0.1) is 17.3 Å². The molecule has 1 N–H and O–H groups in total. The number of hydrogen-bond acceptors (Lipinski definition) is 2. The molecular weight excluding hydrogens is 272 g/mol. The number of rotatable bonds is 1. The molecular formula is C20H34O2. The Morgan fingerprint density at radius 3 is 2.50 bits per heavy atom. The second-order valence-electron chi connectivity index (χ2n) is 8.03. The van der Waals surface area contributed by atoms with Crippen LogP contribution in [0.3, 0.4) is 0 Å². The first-order valence-electron chi connectivity index (χ1n) is 8.97. The molecule has 0 aromatic heterocycles. The highest BCUT2D eigenvalue weighted by Crippen LogP contribution is 2.47. The standard InChI is InChI=1S/C20H34O2/c1-15(2)20-12-11-17(4)8-6-7-16(3)9-10-18(21)19(5,22-20)13-14-20/h7,11,15,18,21H,6,8-10,12-14H2,1-5H3/b16-7?,17-11-/t18-,19+,20+/m0/s1. The zero-order chi connectivity index (χ0) is 16.4. The number of hydrogen-bond donors (Lipinski definition) is 1. The van der Waals surface area contributed by atoms with Crippen LogP contribution in [-0.2, 0) is 4.74 Å². The molecule has 0 radical (unpaired) electrons. The minimum absolute atomic E-state index is 0.104. The molecule has 0 unspecified atom stereocenters. The molecule has 2 aliphatic heterocycles. The second kappa shape index (κ2) is 6.88. The van der Waals surface area contributed by atoms with Crippen LogP contribution < -0.4 is 0 Å². The molecule has 2 nitrogen and oxygen atoms in total. The largest absolute Gasteiger partial charge is 0.390 e. The maximum atomic E-state index is 10.7. The molecule has 3 atom stereocenters. The van der Waals surface area contributed by atoms with E-state index in [0.717, 1.165) is 44.9 Å². The third kappa shape index (κ3) is 3.83. The average molecular weight is 306 g/mol. The van der Waals surface area contributed by atoms with E-state index in [1.807, 2.05) is 0 Å². The molecule has 0 aliphatic carbocycles. The summed E-state index contributed by atoms with van der Waals surface area (Å²) in [4.78, 5) is 0. The number of allylic oxidation sites excluding steroid dienone is 3. The van der Waals surface area contributed by atoms with Gasteiger partial charge in [-0.05, 0) is 71.6 Å². The normalized spacial score (nSPS) is 40.2. The van der Waals surface area contributed by atoms with Crippen molar-refractivity contribution in [3.63, 3.8) is 0 Å². The molecule has 1 fully saturated rings. The van der Waals surface area contributed by atoms with Crippen LogP contribution in [0, 0.1) is 5.92 Å². The molecule has 0 aromatic rings. The molecule has 2 heteroatoms. The molecule has 2 heterocycles. The molecule has 126 valence electrons. The lowest BCUT2D eigenvalue weighted by Gasteiger charge is -2.38. The van der Waals surface area contributed by atoms with Gasteiger partial charge in [-0.1, -0.05) is 37.1 Å². The van der Waals surface area contributed by atoms with Crippen LogP contribution in [0.5, 0.6) is 0 Å². The fourth-order valence-corrected chi connectivity index (χ4v) is 3.81. The van der Waals surface area contributed by atoms with Crippen molar-refractivity contribution in [1.29, 1.82) is 0 Å². The lowest BCUT2D eigenvalue weighted by Crippen LogP contribution is -2.44. The van der Waals surface area contributed by atoms with Gasteiger partial charge in [0.25, 0.3) is 0 Å². The fourth-order valence-electron chi connectivity index (χ4n) is 3.81. The predicted molar refractivity (Wildman–Crippen MR) is 92.9 cm³/mol. The van der Waals surface area contributed by atoms with Crippen LogP contribution in [0.2, 0.25) is 0 Å². The number of ether oxygens (including phenoxy) is 1. The summed E-state index contributed by atoms with van der Waals surface area (Å²) >= 11 is 0. The van der Waals surface area contributed by atoms with Gasteiger partial charge in [0.2, 0.25) is 0 Å². The van der Waals surface area contributed by atoms with E-state index in [1.54, 1.807) is 0 Å². The van der Waals surface area contributed by atoms with E-state index in [0.29, 0.717) is 5.92 Å². The van der Waals surface area contributed by atoms with Crippen molar-refractivity contribution < 1.29 is 9.84 Å². The van der Waals surface area contributed by atoms with Crippen molar-refractivity contribution in [1.82, 2.24) is 0 Å². The Morgan fingerprint density at radius 1 is 1.14 bits per heavy atom. The third-order valence-electron chi connectivity index (χ3n) is 5.88. The molecule has 0 spiro atoms. The highest BCUT2D eigenvalue weighted by atomic mass is 16.5. The summed E-state index contributed by atoms with van der Waals surface area (Å²) in [5.41, 5.74) is 2.36. The van der Waals surface area contributed by atoms with E-state index in [2.05, 4.69) is 46.8 Å². The maximum Gasteiger partial charge on any atom is 0.0921 e. The summed E-state index contributed by atoms with van der Waals surface area (Å²) in [6.45, 7) is 11.0. The maximum absolute atomic E-state index is 10.7. The third-order valence-corrected chi connectivity index (χ3v) is 5.88. The highest BCUT2D eigenvalue weighted by Gasteiger charge is 2.50. The van der Waals surface area contributed by atoms with Gasteiger partial charge in [-0.15, -0.1) is 0 Å². The van der Waals surface area contributed by atoms with Crippen LogP contribution in [0.4, 0.5) is 0 Å². The van der Waals surface area contributed by atoms with Gasteiger partial charge in [0.15, 0.2) is 0 Å². The van der Waals surface area contributed by atoms with Crippen molar-refractivity contribution >= 4 is 0 Å². The summed E-state index contributed by atoms with van der Waals surface area (Å²) < 4.78 is 6.59. The summed E-state index contributed by atoms with van der Waals surface area (Å²) in [5, 5.41) is 10.7. The molecule has 2 bridgehead atoms. The second-order valence-corrected chi connectivity index (χ2v) is 8.03. The topological polar surface area (TPSA) is 29.5 Å². The minimum Gasteiger partial charge on any atom is -0.390 e. The van der Waals surface area contributed by atoms with Crippen LogP contribution >= 0.6 is 0 Å². The van der Waals surface area contributed by atoms with Gasteiger partial charge in [-0.2, -0.15) is 0 Å². The zero-order valence-electron chi connectivity index (χ0n) is 15.1. The Hall–Kier alpha value is -0.600. The Morgan fingerprint density at radius 2 is 1.82 bits per heavy atom. The van der Waals surface area contributed by atoms with E-state index in [4.69, 9.17) is 4.74 Å². The van der Waals surface area contributed by atoms with Crippen LogP contribution in [-0.4, -0.2) is 22.4 Å². The Kier molecular flexibility index (Phi) is 5.55. The van der Waals surface area contributed by atoms with E-state index < -0.39 is 0 Å². The summed E-state index contributed by atoms with van der Waals surface area (Å²) in [6, 6.07) is 0. The van der Waals surface area contributed by atoms with Gasteiger partial charge in [-0.3, -0.25) is 0 Å². The summed E-state index contributed by atoms with van der Waals surface area (Å²) in [5.74, 6) is 0.468. The predicted octanol–water partition coefficient (Wildman–Crippen LogP) is 5.17. The Balaban J connectivity index is 2.27. The summed E-state index contributed by atoms with van der Waals surface area (Å²) in [6.07, 6.45) is 11.3. The van der Waals surface area contributed by atoms with E-state index >= 15 is 0 Å². The van der Waals surface area contributed by atoms with Crippen LogP contribution in [0.15, 0.2) is 23.3 Å². The molecule has 2 rings (SSSR count). The first-order chi connectivity index (χ1) is 10.3. The van der Waals surface area contributed by atoms with E-state index in [9.17, 15) is 5.11 Å². The lowest BCUT2D eigenvalue weighted by atomic mass is 9.82. The smallest absolute Gasteiger partial charge is 0.0921 e. The van der Waals surface area contributed by atoms with Crippen LogP contribution in [0.1, 0.15) is 79.6 Å². The van der Waals surface area contributed by atoms with Gasteiger partial charge < -0.3 is 9.84 Å². The van der Waals surface area contributed by atoms with Crippen molar-refractivity contribution in [2.75, 3.05) is 0 Å². The van der Waals surface area contributed by atoms with Crippen molar-refractivity contribution in [2.24, 2.45) is 5.92 Å². The van der Waals surface area contributed by atoms with Crippen LogP contribution in [0.25, 0.3) is 0 Å². The fraction of sp³-hybridized carbons (Fsp3) is 0.800.